The molecule has 0 radical (unpaired) electrons. The lowest BCUT2D eigenvalue weighted by atomic mass is 9.96. The molecule has 1 atom stereocenters. The first kappa shape index (κ1) is 20.3. The minimum atomic E-state index is -2.71. The van der Waals surface area contributed by atoms with Gasteiger partial charge in [0.1, 0.15) is 5.82 Å². The lowest BCUT2D eigenvalue weighted by Gasteiger charge is -2.34. The Kier molecular flexibility index (Phi) is 6.28. The molecule has 1 aromatic carbocycles. The Balaban J connectivity index is 1.64. The molecule has 28 heavy (non-hydrogen) atoms. The van der Waals surface area contributed by atoms with Crippen molar-refractivity contribution in [3.8, 4) is 0 Å². The number of piperidine rings is 1. The number of benzene rings is 1. The van der Waals surface area contributed by atoms with Crippen LogP contribution in [0.1, 0.15) is 35.6 Å². The molecule has 2 aromatic rings. The van der Waals surface area contributed by atoms with Gasteiger partial charge in [-0.2, -0.15) is 8.78 Å². The molecular weight excluding hydrogens is 390 g/mol. The SMILES string of the molecule is CN(Cc1nccn1C(F)F)C(=O)C1CCCN(C(=O)c2ccc(Cl)cc2)C1. The van der Waals surface area contributed by atoms with E-state index in [0.717, 1.165) is 4.57 Å². The van der Waals surface area contributed by atoms with Gasteiger partial charge in [-0.05, 0) is 37.1 Å². The smallest absolute Gasteiger partial charge is 0.319 e. The van der Waals surface area contributed by atoms with Crippen LogP contribution in [0.4, 0.5) is 8.78 Å². The van der Waals surface area contributed by atoms with E-state index >= 15 is 0 Å². The maximum atomic E-state index is 13.0. The predicted octanol–water partition coefficient (Wildman–Crippen LogP) is 3.44. The van der Waals surface area contributed by atoms with E-state index in [-0.39, 0.29) is 30.1 Å². The zero-order valence-electron chi connectivity index (χ0n) is 15.4. The van der Waals surface area contributed by atoms with Gasteiger partial charge in [-0.1, -0.05) is 11.6 Å². The number of nitrogens with zero attached hydrogens (tertiary/aromatic N) is 4. The summed E-state index contributed by atoms with van der Waals surface area (Å²) in [5.41, 5.74) is 0.518. The second-order valence-electron chi connectivity index (χ2n) is 6.82. The molecule has 1 saturated heterocycles. The molecule has 150 valence electrons. The monoisotopic (exact) mass is 410 g/mol. The number of likely N-dealkylation sites (tertiary alicyclic amines) is 1. The van der Waals surface area contributed by atoms with Crippen LogP contribution in [0.15, 0.2) is 36.7 Å². The number of alkyl halides is 2. The summed E-state index contributed by atoms with van der Waals surface area (Å²) < 4.78 is 26.7. The lowest BCUT2D eigenvalue weighted by molar-refractivity contribution is -0.136. The molecule has 1 fully saturated rings. The summed E-state index contributed by atoms with van der Waals surface area (Å²) in [6, 6.07) is 6.62. The molecule has 0 N–H and O–H groups in total. The molecule has 0 spiro atoms. The molecule has 0 saturated carbocycles. The summed E-state index contributed by atoms with van der Waals surface area (Å²) in [5.74, 6) is -0.580. The Morgan fingerprint density at radius 2 is 2.04 bits per heavy atom. The van der Waals surface area contributed by atoms with Crippen molar-refractivity contribution in [2.24, 2.45) is 5.92 Å². The van der Waals surface area contributed by atoms with Gasteiger partial charge in [-0.3, -0.25) is 14.2 Å². The van der Waals surface area contributed by atoms with E-state index in [0.29, 0.717) is 36.5 Å². The molecule has 3 rings (SSSR count). The zero-order valence-corrected chi connectivity index (χ0v) is 16.1. The number of hydrogen-bond acceptors (Lipinski definition) is 3. The molecular formula is C19H21ClF2N4O2. The first-order chi connectivity index (χ1) is 13.4. The number of imidazole rings is 1. The van der Waals surface area contributed by atoms with Crippen LogP contribution in [-0.4, -0.2) is 51.3 Å². The van der Waals surface area contributed by atoms with Gasteiger partial charge < -0.3 is 9.80 Å². The molecule has 0 aliphatic carbocycles. The van der Waals surface area contributed by atoms with E-state index in [4.69, 9.17) is 11.6 Å². The fourth-order valence-electron chi connectivity index (χ4n) is 3.38. The average molecular weight is 411 g/mol. The highest BCUT2D eigenvalue weighted by Gasteiger charge is 2.31. The van der Waals surface area contributed by atoms with Crippen molar-refractivity contribution in [1.82, 2.24) is 19.4 Å². The third-order valence-corrected chi connectivity index (χ3v) is 5.11. The lowest BCUT2D eigenvalue weighted by Crippen LogP contribution is -2.45. The zero-order chi connectivity index (χ0) is 20.3. The van der Waals surface area contributed by atoms with Gasteiger partial charge in [-0.15, -0.1) is 0 Å². The Hall–Kier alpha value is -2.48. The number of carbonyl (C=O) groups excluding carboxylic acids is 2. The van der Waals surface area contributed by atoms with Crippen molar-refractivity contribution < 1.29 is 18.4 Å². The molecule has 1 aromatic heterocycles. The van der Waals surface area contributed by atoms with Gasteiger partial charge in [0, 0.05) is 43.1 Å². The van der Waals surface area contributed by atoms with Crippen molar-refractivity contribution in [3.63, 3.8) is 0 Å². The van der Waals surface area contributed by atoms with E-state index in [1.54, 1.807) is 36.2 Å². The molecule has 9 heteroatoms. The number of halogens is 3. The van der Waals surface area contributed by atoms with E-state index in [1.165, 1.54) is 17.3 Å². The highest BCUT2D eigenvalue weighted by atomic mass is 35.5. The Morgan fingerprint density at radius 3 is 2.71 bits per heavy atom. The molecule has 0 bridgehead atoms. The van der Waals surface area contributed by atoms with E-state index in [2.05, 4.69) is 4.98 Å². The van der Waals surface area contributed by atoms with Gasteiger partial charge in [0.05, 0.1) is 12.5 Å². The fraction of sp³-hybridized carbons (Fsp3) is 0.421. The number of aromatic nitrogens is 2. The number of amides is 2. The number of rotatable bonds is 5. The second-order valence-corrected chi connectivity index (χ2v) is 7.26. The van der Waals surface area contributed by atoms with E-state index < -0.39 is 6.55 Å². The largest absolute Gasteiger partial charge is 0.338 e. The van der Waals surface area contributed by atoms with Gasteiger partial charge in [0.2, 0.25) is 5.91 Å². The Bertz CT molecular complexity index is 841. The summed E-state index contributed by atoms with van der Waals surface area (Å²) in [7, 11) is 1.56. The van der Waals surface area contributed by atoms with E-state index in [9.17, 15) is 18.4 Å². The highest BCUT2D eigenvalue weighted by Crippen LogP contribution is 2.22. The minimum absolute atomic E-state index is 0.0161. The fourth-order valence-corrected chi connectivity index (χ4v) is 3.51. The Labute approximate surface area is 166 Å². The van der Waals surface area contributed by atoms with Gasteiger partial charge in [0.15, 0.2) is 0 Å². The predicted molar refractivity (Wildman–Crippen MR) is 100 cm³/mol. The topological polar surface area (TPSA) is 58.4 Å². The van der Waals surface area contributed by atoms with E-state index in [1.807, 2.05) is 0 Å². The molecule has 2 amide bonds. The van der Waals surface area contributed by atoms with Crippen molar-refractivity contribution in [2.75, 3.05) is 20.1 Å². The third kappa shape index (κ3) is 4.49. The van der Waals surface area contributed by atoms with Crippen LogP contribution < -0.4 is 0 Å². The van der Waals surface area contributed by atoms with Gasteiger partial charge in [0.25, 0.3) is 5.91 Å². The summed E-state index contributed by atoms with van der Waals surface area (Å²) in [4.78, 5) is 32.4. The molecule has 1 aliphatic rings. The van der Waals surface area contributed by atoms with Crippen LogP contribution in [0.2, 0.25) is 5.02 Å². The number of hydrogen-bond donors (Lipinski definition) is 0. The van der Waals surface area contributed by atoms with Crippen molar-refractivity contribution in [2.45, 2.75) is 25.9 Å². The maximum absolute atomic E-state index is 13.0. The average Bonchev–Trinajstić information content (AvgIpc) is 3.16. The van der Waals surface area contributed by atoms with Crippen molar-refractivity contribution >= 4 is 23.4 Å². The summed E-state index contributed by atoms with van der Waals surface area (Å²) in [6.45, 7) is -1.85. The van der Waals surface area contributed by atoms with Crippen LogP contribution in [-0.2, 0) is 11.3 Å². The quantitative estimate of drug-likeness (QED) is 0.758. The van der Waals surface area contributed by atoms with Gasteiger partial charge in [-0.25, -0.2) is 4.98 Å². The number of carbonyl (C=O) groups is 2. The second kappa shape index (κ2) is 8.68. The first-order valence-corrected chi connectivity index (χ1v) is 9.34. The summed E-state index contributed by atoms with van der Waals surface area (Å²) in [6.07, 6.45) is 3.82. The standard InChI is InChI=1S/C19H21ClF2N4O2/c1-24(12-16-23-8-10-26(16)19(21)22)17(27)14-3-2-9-25(11-14)18(28)13-4-6-15(20)7-5-13/h4-8,10,14,19H,2-3,9,11-12H2,1H3. The van der Waals surface area contributed by atoms with Gasteiger partial charge >= 0.3 is 6.55 Å². The maximum Gasteiger partial charge on any atom is 0.319 e. The normalized spacial score (nSPS) is 17.0. The molecule has 2 heterocycles. The van der Waals surface area contributed by atoms with Crippen LogP contribution in [0.5, 0.6) is 0 Å². The third-order valence-electron chi connectivity index (χ3n) is 4.86. The van der Waals surface area contributed by atoms with Crippen LogP contribution in [0, 0.1) is 5.92 Å². The summed E-state index contributed by atoms with van der Waals surface area (Å²) in [5, 5.41) is 0.548. The van der Waals surface area contributed by atoms with Crippen molar-refractivity contribution in [3.05, 3.63) is 53.1 Å². The minimum Gasteiger partial charge on any atom is -0.338 e. The van der Waals surface area contributed by atoms with Crippen molar-refractivity contribution in [1.29, 1.82) is 0 Å². The molecule has 1 aliphatic heterocycles. The van der Waals surface area contributed by atoms with Crippen LogP contribution in [0.25, 0.3) is 0 Å². The summed E-state index contributed by atoms with van der Waals surface area (Å²) >= 11 is 5.86. The molecule has 1 unspecified atom stereocenters. The highest BCUT2D eigenvalue weighted by molar-refractivity contribution is 6.30. The van der Waals surface area contributed by atoms with Crippen LogP contribution in [0.3, 0.4) is 0 Å². The van der Waals surface area contributed by atoms with Crippen LogP contribution >= 0.6 is 11.6 Å². The Morgan fingerprint density at radius 1 is 1.32 bits per heavy atom. The molecule has 6 nitrogen and oxygen atoms in total. The first-order valence-electron chi connectivity index (χ1n) is 8.96.